The standard InChI is InChI=1S/C12H18O3S.C8H5F3O2/c1-4-13-9-7-10(14-5-2)12(16)11(8-9)15-6-3;9-8(10,11)7(12)13-6-4-2-1-3-5-6/h7-8,16H,4-6H2,1-3H3;1-5H. The summed E-state index contributed by atoms with van der Waals surface area (Å²) < 4.78 is 55.4. The van der Waals surface area contributed by atoms with Gasteiger partial charge in [-0.2, -0.15) is 13.2 Å². The Morgan fingerprint density at radius 1 is 0.862 bits per heavy atom. The van der Waals surface area contributed by atoms with Crippen molar-refractivity contribution in [3.63, 3.8) is 0 Å². The molecule has 0 saturated carbocycles. The van der Waals surface area contributed by atoms with Crippen LogP contribution >= 0.6 is 12.6 Å². The molecule has 0 saturated heterocycles. The second kappa shape index (κ2) is 12.1. The summed E-state index contributed by atoms with van der Waals surface area (Å²) in [6.45, 7) is 7.60. The zero-order valence-corrected chi connectivity index (χ0v) is 17.2. The first-order chi connectivity index (χ1) is 13.7. The van der Waals surface area contributed by atoms with E-state index < -0.39 is 12.1 Å². The van der Waals surface area contributed by atoms with Crippen LogP contribution in [0.3, 0.4) is 0 Å². The topological polar surface area (TPSA) is 54.0 Å². The van der Waals surface area contributed by atoms with E-state index in [1.165, 1.54) is 24.3 Å². The van der Waals surface area contributed by atoms with Crippen molar-refractivity contribution in [2.75, 3.05) is 19.8 Å². The molecule has 2 aromatic rings. The fourth-order valence-corrected chi connectivity index (χ4v) is 2.25. The zero-order chi connectivity index (χ0) is 21.9. The molecule has 0 unspecified atom stereocenters. The normalized spacial score (nSPS) is 10.4. The lowest BCUT2D eigenvalue weighted by molar-refractivity contribution is -0.189. The van der Waals surface area contributed by atoms with E-state index in [-0.39, 0.29) is 5.75 Å². The molecule has 0 aliphatic rings. The molecule has 0 atom stereocenters. The van der Waals surface area contributed by atoms with Gasteiger partial charge in [0, 0.05) is 12.1 Å². The van der Waals surface area contributed by atoms with Crippen LogP contribution in [0.5, 0.6) is 23.0 Å². The van der Waals surface area contributed by atoms with Gasteiger partial charge in [0.25, 0.3) is 0 Å². The molecule has 2 aromatic carbocycles. The molecule has 0 aliphatic heterocycles. The van der Waals surface area contributed by atoms with Crippen molar-refractivity contribution >= 4 is 18.6 Å². The second-order valence-corrected chi connectivity index (χ2v) is 5.71. The fraction of sp³-hybridized carbons (Fsp3) is 0.350. The van der Waals surface area contributed by atoms with Crippen molar-refractivity contribution in [2.45, 2.75) is 31.8 Å². The molecule has 160 valence electrons. The Balaban J connectivity index is 0.000000296. The first-order valence-corrected chi connectivity index (χ1v) is 9.27. The Labute approximate surface area is 173 Å². The number of carbonyl (C=O) groups is 1. The van der Waals surface area contributed by atoms with Gasteiger partial charge in [-0.3, -0.25) is 0 Å². The largest absolute Gasteiger partial charge is 0.494 e. The van der Waals surface area contributed by atoms with Crippen LogP contribution in [0.15, 0.2) is 47.4 Å². The fourth-order valence-electron chi connectivity index (χ4n) is 1.99. The van der Waals surface area contributed by atoms with Crippen LogP contribution < -0.4 is 18.9 Å². The van der Waals surface area contributed by atoms with Crippen molar-refractivity contribution in [3.8, 4) is 23.0 Å². The van der Waals surface area contributed by atoms with Crippen LogP contribution in [-0.4, -0.2) is 32.0 Å². The van der Waals surface area contributed by atoms with E-state index in [2.05, 4.69) is 17.4 Å². The lowest BCUT2D eigenvalue weighted by atomic mass is 10.3. The second-order valence-electron chi connectivity index (χ2n) is 5.27. The first-order valence-electron chi connectivity index (χ1n) is 8.82. The average molecular weight is 432 g/mol. The molecular weight excluding hydrogens is 409 g/mol. The molecule has 0 N–H and O–H groups in total. The predicted molar refractivity (Wildman–Crippen MR) is 105 cm³/mol. The minimum absolute atomic E-state index is 0.121. The molecule has 0 amide bonds. The first kappa shape index (κ1) is 24.5. The van der Waals surface area contributed by atoms with Gasteiger partial charge in [-0.1, -0.05) is 18.2 Å². The van der Waals surface area contributed by atoms with Crippen LogP contribution in [0, 0.1) is 0 Å². The maximum Gasteiger partial charge on any atom is 0.491 e. The highest BCUT2D eigenvalue weighted by molar-refractivity contribution is 7.80. The number of alkyl halides is 3. The van der Waals surface area contributed by atoms with Gasteiger partial charge < -0.3 is 18.9 Å². The number of rotatable bonds is 7. The van der Waals surface area contributed by atoms with Crippen LogP contribution in [0.2, 0.25) is 0 Å². The Bertz CT molecular complexity index is 739. The summed E-state index contributed by atoms with van der Waals surface area (Å²) in [5.74, 6) is -0.198. The number of benzene rings is 2. The highest BCUT2D eigenvalue weighted by Crippen LogP contribution is 2.37. The highest BCUT2D eigenvalue weighted by atomic mass is 32.1. The van der Waals surface area contributed by atoms with Crippen LogP contribution in [-0.2, 0) is 4.79 Å². The Kier molecular flexibility index (Phi) is 10.2. The van der Waals surface area contributed by atoms with Crippen LogP contribution in [0.25, 0.3) is 0 Å². The number of thiol groups is 1. The minimum atomic E-state index is -4.95. The summed E-state index contributed by atoms with van der Waals surface area (Å²) in [5, 5.41) is 0. The number of halogens is 3. The molecule has 0 heterocycles. The van der Waals surface area contributed by atoms with E-state index in [0.717, 1.165) is 5.75 Å². The molecular formula is C20H23F3O5S. The van der Waals surface area contributed by atoms with E-state index in [1.807, 2.05) is 32.9 Å². The quantitative estimate of drug-likeness (QED) is 0.364. The summed E-state index contributed by atoms with van der Waals surface area (Å²) in [6.07, 6.45) is -4.95. The Morgan fingerprint density at radius 3 is 1.76 bits per heavy atom. The van der Waals surface area contributed by atoms with Gasteiger partial charge in [0.1, 0.15) is 23.0 Å². The van der Waals surface area contributed by atoms with Gasteiger partial charge in [-0.15, -0.1) is 12.6 Å². The number of esters is 1. The molecule has 0 fully saturated rings. The van der Waals surface area contributed by atoms with Crippen molar-refractivity contribution in [1.82, 2.24) is 0 Å². The molecule has 5 nitrogen and oxygen atoms in total. The molecule has 29 heavy (non-hydrogen) atoms. The van der Waals surface area contributed by atoms with Crippen LogP contribution in [0.1, 0.15) is 20.8 Å². The average Bonchev–Trinajstić information content (AvgIpc) is 2.66. The van der Waals surface area contributed by atoms with Crippen molar-refractivity contribution in [1.29, 1.82) is 0 Å². The van der Waals surface area contributed by atoms with Gasteiger partial charge in [0.05, 0.1) is 24.7 Å². The molecule has 0 aliphatic carbocycles. The number of carbonyl (C=O) groups excluding carboxylic acids is 1. The van der Waals surface area contributed by atoms with Gasteiger partial charge in [0.2, 0.25) is 0 Å². The minimum Gasteiger partial charge on any atom is -0.494 e. The molecule has 2 rings (SSSR count). The summed E-state index contributed by atoms with van der Waals surface area (Å²) in [7, 11) is 0. The summed E-state index contributed by atoms with van der Waals surface area (Å²) in [5.41, 5.74) is 0. The van der Waals surface area contributed by atoms with Crippen molar-refractivity contribution in [3.05, 3.63) is 42.5 Å². The lowest BCUT2D eigenvalue weighted by Crippen LogP contribution is -2.27. The SMILES string of the molecule is CCOc1cc(OCC)c(S)c(OCC)c1.O=C(Oc1ccccc1)C(F)(F)F. The molecule has 0 radical (unpaired) electrons. The van der Waals surface area contributed by atoms with E-state index in [9.17, 15) is 18.0 Å². The molecule has 9 heteroatoms. The van der Waals surface area contributed by atoms with Crippen molar-refractivity contribution < 1.29 is 36.9 Å². The summed E-state index contributed by atoms with van der Waals surface area (Å²) >= 11 is 4.39. The summed E-state index contributed by atoms with van der Waals surface area (Å²) in [4.78, 5) is 11.0. The monoisotopic (exact) mass is 432 g/mol. The summed E-state index contributed by atoms with van der Waals surface area (Å²) in [6, 6.07) is 10.7. The zero-order valence-electron chi connectivity index (χ0n) is 16.3. The van der Waals surface area contributed by atoms with Crippen molar-refractivity contribution in [2.24, 2.45) is 0 Å². The van der Waals surface area contributed by atoms with Gasteiger partial charge >= 0.3 is 12.1 Å². The van der Waals surface area contributed by atoms with Crippen LogP contribution in [0.4, 0.5) is 13.2 Å². The Hall–Kier alpha value is -2.55. The lowest BCUT2D eigenvalue weighted by Gasteiger charge is -2.14. The predicted octanol–water partition coefficient (Wildman–Crippen LogP) is 5.33. The van der Waals surface area contributed by atoms with E-state index in [4.69, 9.17) is 14.2 Å². The number of hydrogen-bond acceptors (Lipinski definition) is 6. The van der Waals surface area contributed by atoms with E-state index in [1.54, 1.807) is 6.07 Å². The maximum absolute atomic E-state index is 11.7. The highest BCUT2D eigenvalue weighted by Gasteiger charge is 2.41. The number of para-hydroxylation sites is 1. The third kappa shape index (κ3) is 8.55. The maximum atomic E-state index is 11.7. The van der Waals surface area contributed by atoms with E-state index in [0.29, 0.717) is 36.2 Å². The number of ether oxygens (including phenoxy) is 4. The van der Waals surface area contributed by atoms with E-state index >= 15 is 0 Å². The Morgan fingerprint density at radius 2 is 1.34 bits per heavy atom. The van der Waals surface area contributed by atoms with Gasteiger partial charge in [0.15, 0.2) is 0 Å². The van der Waals surface area contributed by atoms with Gasteiger partial charge in [-0.05, 0) is 32.9 Å². The third-order valence-electron chi connectivity index (χ3n) is 3.11. The molecule has 0 aromatic heterocycles. The van der Waals surface area contributed by atoms with Gasteiger partial charge in [-0.25, -0.2) is 4.79 Å². The molecule has 0 spiro atoms. The smallest absolute Gasteiger partial charge is 0.491 e. The number of hydrogen-bond donors (Lipinski definition) is 1. The third-order valence-corrected chi connectivity index (χ3v) is 3.55. The molecule has 0 bridgehead atoms.